The molecule has 1 unspecified atom stereocenters. The summed E-state index contributed by atoms with van der Waals surface area (Å²) in [7, 11) is 0. The quantitative estimate of drug-likeness (QED) is 0.749. The van der Waals surface area contributed by atoms with E-state index in [2.05, 4.69) is 27.8 Å². The molecule has 15 heavy (non-hydrogen) atoms. The minimum atomic E-state index is -0.124. The van der Waals surface area contributed by atoms with Gasteiger partial charge in [-0.15, -0.1) is 0 Å². The number of anilines is 1. The van der Waals surface area contributed by atoms with Gasteiger partial charge in [-0.3, -0.25) is 0 Å². The van der Waals surface area contributed by atoms with Crippen molar-refractivity contribution in [2.75, 3.05) is 11.4 Å². The number of halogens is 2. The summed E-state index contributed by atoms with van der Waals surface area (Å²) in [5, 5.41) is 0. The Bertz CT molecular complexity index is 378. The predicted molar refractivity (Wildman–Crippen MR) is 64.9 cm³/mol. The molecule has 1 saturated heterocycles. The van der Waals surface area contributed by atoms with Crippen molar-refractivity contribution in [2.45, 2.75) is 32.7 Å². The molecular weight excluding hydrogens is 257 g/mol. The SMILES string of the molecule is Cc1cc(N2CCCC2C)c(F)cc1Br. The summed E-state index contributed by atoms with van der Waals surface area (Å²) in [4.78, 5) is 2.16. The zero-order valence-electron chi connectivity index (χ0n) is 9.06. The average molecular weight is 272 g/mol. The lowest BCUT2D eigenvalue weighted by atomic mass is 10.2. The zero-order chi connectivity index (χ0) is 11.0. The van der Waals surface area contributed by atoms with Gasteiger partial charge in [-0.25, -0.2) is 4.39 Å². The summed E-state index contributed by atoms with van der Waals surface area (Å²) in [6.07, 6.45) is 2.32. The minimum absolute atomic E-state index is 0.124. The maximum atomic E-state index is 13.8. The van der Waals surface area contributed by atoms with Crippen molar-refractivity contribution in [3.05, 3.63) is 28.0 Å². The minimum Gasteiger partial charge on any atom is -0.366 e. The second-order valence-corrected chi connectivity index (χ2v) is 5.09. The van der Waals surface area contributed by atoms with E-state index in [0.29, 0.717) is 6.04 Å². The van der Waals surface area contributed by atoms with Crippen LogP contribution in [0.2, 0.25) is 0 Å². The average Bonchev–Trinajstić information content (AvgIpc) is 2.58. The fourth-order valence-corrected chi connectivity index (χ4v) is 2.47. The summed E-state index contributed by atoms with van der Waals surface area (Å²) >= 11 is 3.35. The molecule has 1 fully saturated rings. The predicted octanol–water partition coefficient (Wildman–Crippen LogP) is 3.89. The maximum Gasteiger partial charge on any atom is 0.147 e. The van der Waals surface area contributed by atoms with Crippen LogP contribution in [-0.4, -0.2) is 12.6 Å². The highest BCUT2D eigenvalue weighted by molar-refractivity contribution is 9.10. The number of benzene rings is 1. The Morgan fingerprint density at radius 3 is 2.80 bits per heavy atom. The highest BCUT2D eigenvalue weighted by Gasteiger charge is 2.23. The van der Waals surface area contributed by atoms with Crippen molar-refractivity contribution in [3.8, 4) is 0 Å². The Kier molecular flexibility index (Phi) is 3.01. The molecule has 0 amide bonds. The Labute approximate surface area is 98.4 Å². The van der Waals surface area contributed by atoms with Crippen LogP contribution in [-0.2, 0) is 0 Å². The zero-order valence-corrected chi connectivity index (χ0v) is 10.6. The monoisotopic (exact) mass is 271 g/mol. The fourth-order valence-electron chi connectivity index (χ4n) is 2.15. The molecule has 0 aliphatic carbocycles. The van der Waals surface area contributed by atoms with Gasteiger partial charge in [-0.1, -0.05) is 15.9 Å². The Hall–Kier alpha value is -0.570. The van der Waals surface area contributed by atoms with Crippen molar-refractivity contribution in [3.63, 3.8) is 0 Å². The van der Waals surface area contributed by atoms with E-state index in [1.165, 1.54) is 0 Å². The van der Waals surface area contributed by atoms with Crippen LogP contribution in [0.4, 0.5) is 10.1 Å². The van der Waals surface area contributed by atoms with Gasteiger partial charge < -0.3 is 4.90 Å². The summed E-state index contributed by atoms with van der Waals surface area (Å²) in [6, 6.07) is 3.96. The number of aryl methyl sites for hydroxylation is 1. The molecule has 2 rings (SSSR count). The van der Waals surface area contributed by atoms with Gasteiger partial charge in [-0.2, -0.15) is 0 Å². The first-order valence-corrected chi connectivity index (χ1v) is 6.11. The molecule has 0 saturated carbocycles. The maximum absolute atomic E-state index is 13.8. The highest BCUT2D eigenvalue weighted by Crippen LogP contribution is 2.31. The van der Waals surface area contributed by atoms with Crippen molar-refractivity contribution in [2.24, 2.45) is 0 Å². The van der Waals surface area contributed by atoms with Crippen molar-refractivity contribution in [1.29, 1.82) is 0 Å². The number of rotatable bonds is 1. The molecule has 1 aliphatic heterocycles. The summed E-state index contributed by atoms with van der Waals surface area (Å²) < 4.78 is 14.6. The number of hydrogen-bond donors (Lipinski definition) is 0. The first-order chi connectivity index (χ1) is 7.09. The van der Waals surface area contributed by atoms with Gasteiger partial charge >= 0.3 is 0 Å². The van der Waals surface area contributed by atoms with Crippen LogP contribution in [0, 0.1) is 12.7 Å². The smallest absolute Gasteiger partial charge is 0.147 e. The van der Waals surface area contributed by atoms with E-state index in [4.69, 9.17) is 0 Å². The lowest BCUT2D eigenvalue weighted by Gasteiger charge is -2.24. The van der Waals surface area contributed by atoms with E-state index < -0.39 is 0 Å². The van der Waals surface area contributed by atoms with Gasteiger partial charge in [0.2, 0.25) is 0 Å². The van der Waals surface area contributed by atoms with Gasteiger partial charge in [0.15, 0.2) is 0 Å². The van der Waals surface area contributed by atoms with Gasteiger partial charge in [0, 0.05) is 17.1 Å². The summed E-state index contributed by atoms with van der Waals surface area (Å²) in [5.74, 6) is -0.124. The molecule has 1 aromatic rings. The van der Waals surface area contributed by atoms with Gasteiger partial charge in [-0.05, 0) is 44.4 Å². The van der Waals surface area contributed by atoms with E-state index >= 15 is 0 Å². The largest absolute Gasteiger partial charge is 0.366 e. The normalized spacial score (nSPS) is 21.1. The standard InChI is InChI=1S/C12H15BrFN/c1-8-6-12(11(14)7-10(8)13)15-5-3-4-9(15)2/h6-7,9H,3-5H2,1-2H3. The lowest BCUT2D eigenvalue weighted by molar-refractivity contribution is 0.612. The van der Waals surface area contributed by atoms with Crippen molar-refractivity contribution in [1.82, 2.24) is 0 Å². The third-order valence-corrected chi connectivity index (χ3v) is 3.94. The molecule has 1 atom stereocenters. The van der Waals surface area contributed by atoms with Crippen LogP contribution in [0.5, 0.6) is 0 Å². The molecule has 1 nitrogen and oxygen atoms in total. The molecular formula is C12H15BrFN. The Balaban J connectivity index is 2.39. The third-order valence-electron chi connectivity index (χ3n) is 3.09. The fraction of sp³-hybridized carbons (Fsp3) is 0.500. The third kappa shape index (κ3) is 2.03. The molecule has 0 spiro atoms. The van der Waals surface area contributed by atoms with Gasteiger partial charge in [0.25, 0.3) is 0 Å². The van der Waals surface area contributed by atoms with Crippen LogP contribution >= 0.6 is 15.9 Å². The van der Waals surface area contributed by atoms with Crippen molar-refractivity contribution >= 4 is 21.6 Å². The van der Waals surface area contributed by atoms with E-state index in [1.807, 2.05) is 13.0 Å². The topological polar surface area (TPSA) is 3.24 Å². The van der Waals surface area contributed by atoms with E-state index in [0.717, 1.165) is 35.1 Å². The summed E-state index contributed by atoms with van der Waals surface area (Å²) in [6.45, 7) is 5.12. The molecule has 0 N–H and O–H groups in total. The number of nitrogens with zero attached hydrogens (tertiary/aromatic N) is 1. The first-order valence-electron chi connectivity index (χ1n) is 5.32. The van der Waals surface area contributed by atoms with Crippen LogP contribution in [0.3, 0.4) is 0 Å². The van der Waals surface area contributed by atoms with Gasteiger partial charge in [0.05, 0.1) is 5.69 Å². The Morgan fingerprint density at radius 1 is 1.47 bits per heavy atom. The van der Waals surface area contributed by atoms with E-state index in [9.17, 15) is 4.39 Å². The molecule has 1 aromatic carbocycles. The Morgan fingerprint density at radius 2 is 2.20 bits per heavy atom. The number of hydrogen-bond acceptors (Lipinski definition) is 1. The second-order valence-electron chi connectivity index (χ2n) is 4.24. The van der Waals surface area contributed by atoms with Crippen LogP contribution in [0.15, 0.2) is 16.6 Å². The molecule has 1 heterocycles. The van der Waals surface area contributed by atoms with E-state index in [1.54, 1.807) is 6.07 Å². The molecule has 0 bridgehead atoms. The second kappa shape index (κ2) is 4.12. The highest BCUT2D eigenvalue weighted by atomic mass is 79.9. The van der Waals surface area contributed by atoms with E-state index in [-0.39, 0.29) is 5.82 Å². The first kappa shape index (κ1) is 10.9. The van der Waals surface area contributed by atoms with Gasteiger partial charge in [0.1, 0.15) is 5.82 Å². The van der Waals surface area contributed by atoms with Crippen LogP contribution < -0.4 is 4.90 Å². The summed E-state index contributed by atoms with van der Waals surface area (Å²) in [5.41, 5.74) is 1.84. The lowest BCUT2D eigenvalue weighted by Crippen LogP contribution is -2.27. The van der Waals surface area contributed by atoms with Crippen LogP contribution in [0.25, 0.3) is 0 Å². The molecule has 82 valence electrons. The molecule has 0 radical (unpaired) electrons. The molecule has 0 aromatic heterocycles. The van der Waals surface area contributed by atoms with Crippen LogP contribution in [0.1, 0.15) is 25.3 Å². The van der Waals surface area contributed by atoms with Crippen molar-refractivity contribution < 1.29 is 4.39 Å². The molecule has 1 aliphatic rings. The molecule has 3 heteroatoms.